The molecule has 34 heavy (non-hydrogen) atoms. The van der Waals surface area contributed by atoms with E-state index in [1.165, 1.54) is 25.1 Å². The molecular formula is C26H30ClF3N4. The minimum Gasteiger partial charge on any atom is -0.388 e. The van der Waals surface area contributed by atoms with Gasteiger partial charge in [0.15, 0.2) is 0 Å². The molecule has 2 rings (SSSR count). The predicted octanol–water partition coefficient (Wildman–Crippen LogP) is 7.86. The average molecular weight is 491 g/mol. The molecule has 0 aliphatic rings. The number of amidine groups is 1. The van der Waals surface area contributed by atoms with Crippen molar-refractivity contribution in [1.82, 2.24) is 0 Å². The standard InChI is InChI=1S/C24H24ClF3N2.C2H6N2/c1-5-15(2)14-30-22-9-7-18(12-20(22)13-29)6-8-21(24(26,27)28)19-10-16(3)23(25)17(4)11-19;1-2(3)4/h6-12,14,21,30H,5H2,1-4H3;1H3,(H3,3,4)/b8-6+,15-14+;. The Balaban J connectivity index is 0.00000133. The van der Waals surface area contributed by atoms with Crippen molar-refractivity contribution in [3.8, 4) is 6.07 Å². The Kier molecular flexibility index (Phi) is 10.9. The molecule has 4 N–H and O–H groups in total. The number of benzene rings is 2. The van der Waals surface area contributed by atoms with Gasteiger partial charge in [-0.3, -0.25) is 5.41 Å². The van der Waals surface area contributed by atoms with Crippen LogP contribution in [0, 0.1) is 30.6 Å². The zero-order chi connectivity index (χ0) is 26.1. The number of nitrogens with two attached hydrogens (primary N) is 1. The van der Waals surface area contributed by atoms with E-state index in [0.29, 0.717) is 33.0 Å². The Morgan fingerprint density at radius 2 is 1.76 bits per heavy atom. The number of hydrogen-bond donors (Lipinski definition) is 3. The summed E-state index contributed by atoms with van der Waals surface area (Å²) in [5.74, 6) is -1.61. The van der Waals surface area contributed by atoms with E-state index in [-0.39, 0.29) is 11.4 Å². The van der Waals surface area contributed by atoms with Crippen molar-refractivity contribution in [2.24, 2.45) is 5.73 Å². The Labute approximate surface area is 204 Å². The molecule has 0 radical (unpaired) electrons. The summed E-state index contributed by atoms with van der Waals surface area (Å²) in [6.45, 7) is 8.90. The van der Waals surface area contributed by atoms with Gasteiger partial charge in [0.25, 0.3) is 0 Å². The van der Waals surface area contributed by atoms with Crippen LogP contribution in [0.2, 0.25) is 5.02 Å². The van der Waals surface area contributed by atoms with Crippen LogP contribution in [0.3, 0.4) is 0 Å². The van der Waals surface area contributed by atoms with Crippen molar-refractivity contribution < 1.29 is 13.2 Å². The number of nitrogens with one attached hydrogen (secondary N) is 2. The fourth-order valence-electron chi connectivity index (χ4n) is 2.96. The lowest BCUT2D eigenvalue weighted by Crippen LogP contribution is -2.19. The minimum atomic E-state index is -4.45. The molecule has 0 heterocycles. The Bertz CT molecular complexity index is 1080. The fraction of sp³-hybridized carbons (Fsp3) is 0.308. The van der Waals surface area contributed by atoms with Crippen LogP contribution >= 0.6 is 11.6 Å². The molecule has 182 valence electrons. The van der Waals surface area contributed by atoms with Gasteiger partial charge in [-0.1, -0.05) is 54.4 Å². The molecule has 0 aliphatic carbocycles. The first-order valence-electron chi connectivity index (χ1n) is 10.6. The summed E-state index contributed by atoms with van der Waals surface area (Å²) in [7, 11) is 0. The second-order valence-electron chi connectivity index (χ2n) is 7.94. The summed E-state index contributed by atoms with van der Waals surface area (Å²) in [5, 5.41) is 19.2. The van der Waals surface area contributed by atoms with Crippen LogP contribution in [-0.4, -0.2) is 12.0 Å². The van der Waals surface area contributed by atoms with Gasteiger partial charge in [0.1, 0.15) is 6.07 Å². The van der Waals surface area contributed by atoms with E-state index < -0.39 is 12.1 Å². The number of nitriles is 1. The fourth-order valence-corrected chi connectivity index (χ4v) is 3.07. The maximum Gasteiger partial charge on any atom is 0.399 e. The maximum atomic E-state index is 13.7. The average Bonchev–Trinajstić information content (AvgIpc) is 2.74. The van der Waals surface area contributed by atoms with Crippen LogP contribution in [0.15, 0.2) is 48.2 Å². The van der Waals surface area contributed by atoms with Crippen LogP contribution < -0.4 is 11.1 Å². The Hall–Kier alpha value is -3.24. The van der Waals surface area contributed by atoms with Crippen LogP contribution in [0.25, 0.3) is 6.08 Å². The van der Waals surface area contributed by atoms with Gasteiger partial charge in [0.2, 0.25) is 0 Å². The topological polar surface area (TPSA) is 85.7 Å². The smallest absolute Gasteiger partial charge is 0.388 e. The third kappa shape index (κ3) is 8.95. The molecule has 0 spiro atoms. The number of alkyl halides is 3. The summed E-state index contributed by atoms with van der Waals surface area (Å²) in [4.78, 5) is 0. The minimum absolute atomic E-state index is 0.136. The number of rotatable bonds is 6. The van der Waals surface area contributed by atoms with Crippen molar-refractivity contribution in [2.45, 2.75) is 53.1 Å². The molecule has 0 amide bonds. The first-order chi connectivity index (χ1) is 15.8. The van der Waals surface area contributed by atoms with Crippen molar-refractivity contribution >= 4 is 29.2 Å². The molecular weight excluding hydrogens is 461 g/mol. The first-order valence-corrected chi connectivity index (χ1v) is 11.0. The lowest BCUT2D eigenvalue weighted by molar-refractivity contribution is -0.139. The number of allylic oxidation sites excluding steroid dienone is 2. The van der Waals surface area contributed by atoms with E-state index in [0.717, 1.165) is 18.1 Å². The van der Waals surface area contributed by atoms with E-state index in [4.69, 9.17) is 22.7 Å². The lowest BCUT2D eigenvalue weighted by Gasteiger charge is -2.19. The largest absolute Gasteiger partial charge is 0.399 e. The lowest BCUT2D eigenvalue weighted by atomic mass is 9.93. The summed E-state index contributed by atoms with van der Waals surface area (Å²) < 4.78 is 41.2. The molecule has 0 bridgehead atoms. The van der Waals surface area contributed by atoms with Crippen molar-refractivity contribution in [1.29, 1.82) is 10.7 Å². The SMILES string of the molecule is CC(=N)N.CC/C(C)=C/Nc1ccc(/C=C/C(c2cc(C)c(Cl)c(C)c2)C(F)(F)F)cc1C#N. The van der Waals surface area contributed by atoms with Crippen LogP contribution in [0.5, 0.6) is 0 Å². The van der Waals surface area contributed by atoms with Gasteiger partial charge in [-0.2, -0.15) is 18.4 Å². The molecule has 4 nitrogen and oxygen atoms in total. The maximum absolute atomic E-state index is 13.7. The van der Waals surface area contributed by atoms with Crippen LogP contribution in [0.1, 0.15) is 60.9 Å². The van der Waals surface area contributed by atoms with E-state index in [1.807, 2.05) is 20.0 Å². The molecule has 0 fully saturated rings. The third-order valence-electron chi connectivity index (χ3n) is 4.85. The number of anilines is 1. The number of aryl methyl sites for hydroxylation is 2. The second kappa shape index (κ2) is 12.9. The van der Waals surface area contributed by atoms with Crippen LogP contribution in [0.4, 0.5) is 18.9 Å². The van der Waals surface area contributed by atoms with Gasteiger partial charge in [-0.15, -0.1) is 0 Å². The van der Waals surface area contributed by atoms with E-state index in [2.05, 4.69) is 11.4 Å². The molecule has 1 unspecified atom stereocenters. The molecule has 0 saturated carbocycles. The predicted molar refractivity (Wildman–Crippen MR) is 135 cm³/mol. The highest BCUT2D eigenvalue weighted by molar-refractivity contribution is 6.32. The number of hydrogen-bond acceptors (Lipinski definition) is 3. The molecule has 2 aromatic rings. The Morgan fingerprint density at radius 3 is 2.24 bits per heavy atom. The molecule has 8 heteroatoms. The van der Waals surface area contributed by atoms with E-state index in [9.17, 15) is 18.4 Å². The summed E-state index contributed by atoms with van der Waals surface area (Å²) >= 11 is 6.10. The summed E-state index contributed by atoms with van der Waals surface area (Å²) in [5.41, 5.74) is 8.64. The van der Waals surface area contributed by atoms with Gasteiger partial charge >= 0.3 is 6.18 Å². The summed E-state index contributed by atoms with van der Waals surface area (Å²) in [6.07, 6.45) is 0.752. The highest BCUT2D eigenvalue weighted by Gasteiger charge is 2.39. The van der Waals surface area contributed by atoms with Gasteiger partial charge in [-0.25, -0.2) is 0 Å². The van der Waals surface area contributed by atoms with Gasteiger partial charge < -0.3 is 11.1 Å². The highest BCUT2D eigenvalue weighted by Crippen LogP contribution is 2.38. The zero-order valence-electron chi connectivity index (χ0n) is 19.9. The van der Waals surface area contributed by atoms with Crippen LogP contribution in [-0.2, 0) is 0 Å². The molecule has 0 saturated heterocycles. The van der Waals surface area contributed by atoms with Crippen molar-refractivity contribution in [3.05, 3.63) is 81.0 Å². The van der Waals surface area contributed by atoms with Gasteiger partial charge in [0.05, 0.1) is 23.0 Å². The van der Waals surface area contributed by atoms with E-state index in [1.54, 1.807) is 32.0 Å². The van der Waals surface area contributed by atoms with E-state index >= 15 is 0 Å². The molecule has 0 aromatic heterocycles. The molecule has 0 aliphatic heterocycles. The van der Waals surface area contributed by atoms with Gasteiger partial charge in [-0.05, 0) is 74.7 Å². The van der Waals surface area contributed by atoms with Crippen molar-refractivity contribution in [2.75, 3.05) is 5.32 Å². The quantitative estimate of drug-likeness (QED) is 0.284. The molecule has 2 aromatic carbocycles. The number of nitrogens with zero attached hydrogens (tertiary/aromatic N) is 1. The van der Waals surface area contributed by atoms with Crippen molar-refractivity contribution in [3.63, 3.8) is 0 Å². The molecule has 1 atom stereocenters. The monoisotopic (exact) mass is 490 g/mol. The third-order valence-corrected chi connectivity index (χ3v) is 5.44. The van der Waals surface area contributed by atoms with Gasteiger partial charge in [0, 0.05) is 5.02 Å². The second-order valence-corrected chi connectivity index (χ2v) is 8.31. The normalized spacial score (nSPS) is 12.5. The summed E-state index contributed by atoms with van der Waals surface area (Å²) in [6, 6.07) is 9.96. The first kappa shape index (κ1) is 28.8. The highest BCUT2D eigenvalue weighted by atomic mass is 35.5. The Morgan fingerprint density at radius 1 is 1.21 bits per heavy atom. The zero-order valence-corrected chi connectivity index (χ0v) is 20.7. The number of halogens is 4.